The Balaban J connectivity index is 2.03. The molecule has 1 aromatic carbocycles. The van der Waals surface area contributed by atoms with Gasteiger partial charge in [-0.25, -0.2) is 4.79 Å². The fourth-order valence-electron chi connectivity index (χ4n) is 2.28. The van der Waals surface area contributed by atoms with Crippen LogP contribution in [-0.2, 0) is 20.0 Å². The number of halogens is 1. The summed E-state index contributed by atoms with van der Waals surface area (Å²) in [5.74, 6) is 0.939. The third-order valence-electron chi connectivity index (χ3n) is 3.18. The number of imidazole rings is 1. The molecule has 18 heavy (non-hydrogen) atoms. The van der Waals surface area contributed by atoms with Crippen LogP contribution in [0.15, 0.2) is 33.8 Å². The molecule has 0 N–H and O–H groups in total. The van der Waals surface area contributed by atoms with Crippen LogP contribution < -0.4 is 10.4 Å². The van der Waals surface area contributed by atoms with Gasteiger partial charge in [-0.3, -0.25) is 4.57 Å². The molecule has 4 nitrogen and oxygen atoms in total. The predicted octanol–water partition coefficient (Wildman–Crippen LogP) is 1.93. The van der Waals surface area contributed by atoms with Gasteiger partial charge >= 0.3 is 5.69 Å². The zero-order valence-corrected chi connectivity index (χ0v) is 11.6. The summed E-state index contributed by atoms with van der Waals surface area (Å²) in [7, 11) is 1.75. The lowest BCUT2D eigenvalue weighted by atomic mass is 10.1. The number of hydrogen-bond donors (Lipinski definition) is 0. The number of hydrogen-bond acceptors (Lipinski definition) is 2. The van der Waals surface area contributed by atoms with E-state index in [9.17, 15) is 4.79 Å². The molecule has 0 fully saturated rings. The molecular weight excluding hydrogens is 296 g/mol. The molecule has 0 saturated heterocycles. The van der Waals surface area contributed by atoms with Crippen molar-refractivity contribution in [2.24, 2.45) is 7.05 Å². The third kappa shape index (κ3) is 1.88. The Morgan fingerprint density at radius 3 is 2.94 bits per heavy atom. The van der Waals surface area contributed by atoms with Gasteiger partial charge < -0.3 is 9.30 Å². The van der Waals surface area contributed by atoms with E-state index in [2.05, 4.69) is 22.0 Å². The van der Waals surface area contributed by atoms with Crippen molar-refractivity contribution in [1.29, 1.82) is 0 Å². The fraction of sp³-hybridized carbons (Fsp3) is 0.308. The maximum absolute atomic E-state index is 11.8. The van der Waals surface area contributed by atoms with Crippen molar-refractivity contribution < 1.29 is 4.74 Å². The van der Waals surface area contributed by atoms with Crippen LogP contribution in [0.25, 0.3) is 0 Å². The molecule has 0 spiro atoms. The lowest BCUT2D eigenvalue weighted by Crippen LogP contribution is -2.22. The van der Waals surface area contributed by atoms with Crippen molar-refractivity contribution >= 4 is 15.9 Å². The van der Waals surface area contributed by atoms with Crippen LogP contribution in [-0.4, -0.2) is 15.7 Å². The topological polar surface area (TPSA) is 36.2 Å². The smallest absolute Gasteiger partial charge is 0.328 e. The summed E-state index contributed by atoms with van der Waals surface area (Å²) in [5.41, 5.74) is 2.25. The maximum Gasteiger partial charge on any atom is 0.328 e. The summed E-state index contributed by atoms with van der Waals surface area (Å²) >= 11 is 3.50. The molecule has 3 rings (SSSR count). The van der Waals surface area contributed by atoms with Gasteiger partial charge in [-0.2, -0.15) is 0 Å². The summed E-state index contributed by atoms with van der Waals surface area (Å²) in [4.78, 5) is 11.8. The third-order valence-corrected chi connectivity index (χ3v) is 3.64. The molecular formula is C13H13BrN2O2. The van der Waals surface area contributed by atoms with Gasteiger partial charge in [0, 0.05) is 35.9 Å². The van der Waals surface area contributed by atoms with E-state index in [1.165, 1.54) is 5.56 Å². The first kappa shape index (κ1) is 11.6. The minimum absolute atomic E-state index is 0.0123. The number of aromatic nitrogens is 2. The number of aryl methyl sites for hydroxylation is 1. The largest absolute Gasteiger partial charge is 0.493 e. The van der Waals surface area contributed by atoms with Crippen molar-refractivity contribution in [1.82, 2.24) is 9.13 Å². The second-order valence-corrected chi connectivity index (χ2v) is 5.39. The van der Waals surface area contributed by atoms with E-state index in [0.29, 0.717) is 6.54 Å². The van der Waals surface area contributed by atoms with E-state index in [0.717, 1.165) is 28.8 Å². The lowest BCUT2D eigenvalue weighted by molar-refractivity contribution is 0.352. The Bertz CT molecular complexity index is 657. The quantitative estimate of drug-likeness (QED) is 0.850. The fourth-order valence-corrected chi connectivity index (χ4v) is 2.83. The minimum atomic E-state index is -0.0123. The first-order chi connectivity index (χ1) is 8.65. The molecule has 0 atom stereocenters. The predicted molar refractivity (Wildman–Crippen MR) is 72.1 cm³/mol. The van der Waals surface area contributed by atoms with E-state index in [-0.39, 0.29) is 5.69 Å². The van der Waals surface area contributed by atoms with Gasteiger partial charge in [0.1, 0.15) is 5.75 Å². The highest BCUT2D eigenvalue weighted by molar-refractivity contribution is 9.10. The second kappa shape index (κ2) is 4.31. The number of benzene rings is 1. The molecule has 94 valence electrons. The van der Waals surface area contributed by atoms with E-state index in [1.807, 2.05) is 6.07 Å². The molecule has 1 aliphatic heterocycles. The SMILES string of the molecule is Cn1ccn(Cc2cc(Br)cc3c2OCC3)c1=O. The molecule has 0 aliphatic carbocycles. The van der Waals surface area contributed by atoms with Crippen LogP contribution >= 0.6 is 15.9 Å². The Morgan fingerprint density at radius 1 is 1.39 bits per heavy atom. The molecule has 5 heteroatoms. The standard InChI is InChI=1S/C13H13BrN2O2/c1-15-3-4-16(13(15)17)8-10-7-11(14)6-9-2-5-18-12(9)10/h3-4,6-7H,2,5,8H2,1H3. The number of nitrogens with zero attached hydrogens (tertiary/aromatic N) is 2. The first-order valence-corrected chi connectivity index (χ1v) is 6.60. The zero-order chi connectivity index (χ0) is 12.7. The van der Waals surface area contributed by atoms with Gasteiger partial charge in [-0.05, 0) is 17.7 Å². The van der Waals surface area contributed by atoms with Crippen LogP contribution in [0.5, 0.6) is 5.75 Å². The average Bonchev–Trinajstić information content (AvgIpc) is 2.90. The molecule has 1 aliphatic rings. The first-order valence-electron chi connectivity index (χ1n) is 5.81. The van der Waals surface area contributed by atoms with Gasteiger partial charge in [0.05, 0.1) is 13.2 Å². The van der Waals surface area contributed by atoms with E-state index < -0.39 is 0 Å². The van der Waals surface area contributed by atoms with Gasteiger partial charge in [0.25, 0.3) is 0 Å². The van der Waals surface area contributed by atoms with Gasteiger partial charge in [0.15, 0.2) is 0 Å². The molecule has 2 heterocycles. The average molecular weight is 309 g/mol. The summed E-state index contributed by atoms with van der Waals surface area (Å²) in [6, 6.07) is 4.10. The van der Waals surface area contributed by atoms with E-state index in [1.54, 1.807) is 28.6 Å². The van der Waals surface area contributed by atoms with Gasteiger partial charge in [-0.15, -0.1) is 0 Å². The maximum atomic E-state index is 11.8. The second-order valence-electron chi connectivity index (χ2n) is 4.47. The zero-order valence-electron chi connectivity index (χ0n) is 10.0. The van der Waals surface area contributed by atoms with Crippen LogP contribution in [0, 0.1) is 0 Å². The summed E-state index contributed by atoms with van der Waals surface area (Å²) in [6.07, 6.45) is 4.50. The Hall–Kier alpha value is -1.49. The minimum Gasteiger partial charge on any atom is -0.493 e. The molecule has 0 saturated carbocycles. The van der Waals surface area contributed by atoms with Crippen molar-refractivity contribution in [3.63, 3.8) is 0 Å². The summed E-state index contributed by atoms with van der Waals surface area (Å²) in [6.45, 7) is 1.27. The monoisotopic (exact) mass is 308 g/mol. The van der Waals surface area contributed by atoms with Crippen molar-refractivity contribution in [3.05, 3.63) is 50.6 Å². The van der Waals surface area contributed by atoms with Crippen LogP contribution in [0.1, 0.15) is 11.1 Å². The van der Waals surface area contributed by atoms with Crippen molar-refractivity contribution in [2.75, 3.05) is 6.61 Å². The molecule has 1 aromatic heterocycles. The molecule has 0 unspecified atom stereocenters. The summed E-state index contributed by atoms with van der Waals surface area (Å²) < 4.78 is 9.95. The normalized spacial score (nSPS) is 13.4. The van der Waals surface area contributed by atoms with Crippen LogP contribution in [0.4, 0.5) is 0 Å². The van der Waals surface area contributed by atoms with Crippen molar-refractivity contribution in [2.45, 2.75) is 13.0 Å². The summed E-state index contributed by atoms with van der Waals surface area (Å²) in [5, 5.41) is 0. The number of fused-ring (bicyclic) bond motifs is 1. The van der Waals surface area contributed by atoms with E-state index >= 15 is 0 Å². The highest BCUT2D eigenvalue weighted by Gasteiger charge is 2.18. The highest BCUT2D eigenvalue weighted by Crippen LogP contribution is 2.33. The Morgan fingerprint density at radius 2 is 2.22 bits per heavy atom. The van der Waals surface area contributed by atoms with Gasteiger partial charge in [-0.1, -0.05) is 15.9 Å². The molecule has 2 aromatic rings. The Labute approximate surface area is 113 Å². The molecule has 0 amide bonds. The van der Waals surface area contributed by atoms with Crippen LogP contribution in [0.2, 0.25) is 0 Å². The Kier molecular flexibility index (Phi) is 2.78. The molecule has 0 radical (unpaired) electrons. The van der Waals surface area contributed by atoms with Crippen molar-refractivity contribution in [3.8, 4) is 5.75 Å². The highest BCUT2D eigenvalue weighted by atomic mass is 79.9. The van der Waals surface area contributed by atoms with E-state index in [4.69, 9.17) is 4.74 Å². The lowest BCUT2D eigenvalue weighted by Gasteiger charge is -2.09. The van der Waals surface area contributed by atoms with Crippen LogP contribution in [0.3, 0.4) is 0 Å². The van der Waals surface area contributed by atoms with Gasteiger partial charge in [0.2, 0.25) is 0 Å². The number of ether oxygens (including phenoxy) is 1. The molecule has 0 bridgehead atoms. The number of rotatable bonds is 2.